The standard InChI is InChI=1S/C17H13FO6/c18-5-6-23-14-4-2-10-11(8-15(21)24-17(10)16(14)22)9-1-3-12(19)13(20)7-9/h1-4,7-8,19-20,22H,5-6H2. The van der Waals surface area contributed by atoms with Gasteiger partial charge in [0.2, 0.25) is 5.75 Å². The van der Waals surface area contributed by atoms with Crippen LogP contribution in [-0.2, 0) is 0 Å². The SMILES string of the molecule is O=c1cc(-c2ccc(O)c(O)c2)c2ccc(OCCF)c(O)c2o1. The van der Waals surface area contributed by atoms with Gasteiger partial charge in [-0.25, -0.2) is 9.18 Å². The second-order valence-corrected chi connectivity index (χ2v) is 5.01. The summed E-state index contributed by atoms with van der Waals surface area (Å²) in [6.45, 7) is -0.969. The highest BCUT2D eigenvalue weighted by Crippen LogP contribution is 2.39. The van der Waals surface area contributed by atoms with E-state index in [0.717, 1.165) is 0 Å². The third kappa shape index (κ3) is 2.71. The fraction of sp³-hybridized carbons (Fsp3) is 0.118. The van der Waals surface area contributed by atoms with E-state index in [1.165, 1.54) is 30.3 Å². The highest BCUT2D eigenvalue weighted by molar-refractivity contribution is 5.97. The first-order valence-electron chi connectivity index (χ1n) is 7.02. The zero-order chi connectivity index (χ0) is 17.3. The molecular formula is C17H13FO6. The summed E-state index contributed by atoms with van der Waals surface area (Å²) in [5.41, 5.74) is 0.00773. The van der Waals surface area contributed by atoms with Crippen LogP contribution in [0.4, 0.5) is 4.39 Å². The van der Waals surface area contributed by atoms with Gasteiger partial charge in [0, 0.05) is 17.0 Å². The lowest BCUT2D eigenvalue weighted by atomic mass is 10.0. The first-order chi connectivity index (χ1) is 11.5. The highest BCUT2D eigenvalue weighted by Gasteiger charge is 2.16. The number of benzene rings is 2. The van der Waals surface area contributed by atoms with Gasteiger partial charge in [0.25, 0.3) is 0 Å². The van der Waals surface area contributed by atoms with Gasteiger partial charge in [0.05, 0.1) is 0 Å². The van der Waals surface area contributed by atoms with Crippen LogP contribution in [0.2, 0.25) is 0 Å². The molecule has 0 unspecified atom stereocenters. The van der Waals surface area contributed by atoms with Crippen molar-refractivity contribution in [2.75, 3.05) is 13.3 Å². The maximum atomic E-state index is 12.2. The summed E-state index contributed by atoms with van der Waals surface area (Å²) in [4.78, 5) is 11.8. The Kier molecular flexibility index (Phi) is 3.99. The number of ether oxygens (including phenoxy) is 1. The van der Waals surface area contributed by atoms with E-state index < -0.39 is 18.0 Å². The zero-order valence-electron chi connectivity index (χ0n) is 12.3. The number of alkyl halides is 1. The number of phenols is 3. The molecule has 1 heterocycles. The summed E-state index contributed by atoms with van der Waals surface area (Å²) in [7, 11) is 0. The smallest absolute Gasteiger partial charge is 0.336 e. The second kappa shape index (κ2) is 6.11. The van der Waals surface area contributed by atoms with Crippen molar-refractivity contribution in [2.45, 2.75) is 0 Å². The fourth-order valence-electron chi connectivity index (χ4n) is 2.39. The predicted octanol–water partition coefficient (Wildman–Crippen LogP) is 2.93. The van der Waals surface area contributed by atoms with Gasteiger partial charge in [-0.3, -0.25) is 0 Å². The molecular weight excluding hydrogens is 319 g/mol. The average Bonchev–Trinajstić information content (AvgIpc) is 2.56. The van der Waals surface area contributed by atoms with Crippen LogP contribution in [0.1, 0.15) is 0 Å². The lowest BCUT2D eigenvalue weighted by Crippen LogP contribution is -2.01. The maximum Gasteiger partial charge on any atom is 0.336 e. The number of halogens is 1. The molecule has 124 valence electrons. The molecule has 7 heteroatoms. The molecule has 0 atom stereocenters. The predicted molar refractivity (Wildman–Crippen MR) is 84.4 cm³/mol. The van der Waals surface area contributed by atoms with Crippen molar-refractivity contribution in [3.8, 4) is 34.1 Å². The fourth-order valence-corrected chi connectivity index (χ4v) is 2.39. The molecule has 0 bridgehead atoms. The van der Waals surface area contributed by atoms with Crippen LogP contribution in [0.3, 0.4) is 0 Å². The normalized spacial score (nSPS) is 10.9. The van der Waals surface area contributed by atoms with E-state index in [9.17, 15) is 24.5 Å². The van der Waals surface area contributed by atoms with E-state index in [1.54, 1.807) is 6.07 Å². The van der Waals surface area contributed by atoms with Crippen molar-refractivity contribution in [1.29, 1.82) is 0 Å². The van der Waals surface area contributed by atoms with Gasteiger partial charge in [-0.15, -0.1) is 0 Å². The Balaban J connectivity index is 2.23. The molecule has 0 aliphatic carbocycles. The zero-order valence-corrected chi connectivity index (χ0v) is 12.3. The molecule has 0 fully saturated rings. The molecule has 3 rings (SSSR count). The first-order valence-corrected chi connectivity index (χ1v) is 7.02. The Morgan fingerprint density at radius 2 is 1.83 bits per heavy atom. The van der Waals surface area contributed by atoms with Crippen molar-refractivity contribution < 1.29 is 28.9 Å². The first kappa shape index (κ1) is 15.7. The van der Waals surface area contributed by atoms with Gasteiger partial charge in [-0.1, -0.05) is 6.07 Å². The Morgan fingerprint density at radius 3 is 2.54 bits per heavy atom. The van der Waals surface area contributed by atoms with E-state index in [0.29, 0.717) is 16.5 Å². The minimum atomic E-state index is -0.728. The van der Waals surface area contributed by atoms with E-state index >= 15 is 0 Å². The highest BCUT2D eigenvalue weighted by atomic mass is 19.1. The minimum absolute atomic E-state index is 0.00555. The summed E-state index contributed by atoms with van der Waals surface area (Å²) < 4.78 is 22.3. The molecule has 0 aliphatic heterocycles. The van der Waals surface area contributed by atoms with Crippen molar-refractivity contribution in [2.24, 2.45) is 0 Å². The molecule has 3 aromatic rings. The second-order valence-electron chi connectivity index (χ2n) is 5.01. The molecule has 0 spiro atoms. The number of fused-ring (bicyclic) bond motifs is 1. The summed E-state index contributed by atoms with van der Waals surface area (Å²) in [6, 6.07) is 8.25. The summed E-state index contributed by atoms with van der Waals surface area (Å²) in [5, 5.41) is 29.6. The molecule has 3 N–H and O–H groups in total. The Labute approximate surface area is 135 Å². The van der Waals surface area contributed by atoms with Crippen molar-refractivity contribution in [1.82, 2.24) is 0 Å². The number of phenolic OH excluding ortho intramolecular Hbond substituents is 3. The Hall–Kier alpha value is -3.22. The quantitative estimate of drug-likeness (QED) is 0.502. The van der Waals surface area contributed by atoms with Crippen LogP contribution in [0.5, 0.6) is 23.0 Å². The van der Waals surface area contributed by atoms with Crippen molar-refractivity contribution in [3.63, 3.8) is 0 Å². The number of hydrogen-bond donors (Lipinski definition) is 3. The Morgan fingerprint density at radius 1 is 1.04 bits per heavy atom. The van der Waals surface area contributed by atoms with Gasteiger partial charge in [-0.2, -0.15) is 0 Å². The molecule has 24 heavy (non-hydrogen) atoms. The van der Waals surface area contributed by atoms with Crippen LogP contribution >= 0.6 is 0 Å². The van der Waals surface area contributed by atoms with Crippen LogP contribution in [0, 0.1) is 0 Å². The summed E-state index contributed by atoms with van der Waals surface area (Å²) in [5.74, 6) is -1.06. The maximum absolute atomic E-state index is 12.2. The van der Waals surface area contributed by atoms with E-state index in [1.807, 2.05) is 0 Å². The molecule has 0 aliphatic rings. The number of rotatable bonds is 4. The third-order valence-electron chi connectivity index (χ3n) is 3.47. The molecule has 0 saturated carbocycles. The monoisotopic (exact) mass is 332 g/mol. The molecule has 0 radical (unpaired) electrons. The molecule has 0 amide bonds. The van der Waals surface area contributed by atoms with Gasteiger partial charge in [0.1, 0.15) is 13.3 Å². The van der Waals surface area contributed by atoms with E-state index in [2.05, 4.69) is 0 Å². The van der Waals surface area contributed by atoms with E-state index in [4.69, 9.17) is 9.15 Å². The summed E-state index contributed by atoms with van der Waals surface area (Å²) >= 11 is 0. The lowest BCUT2D eigenvalue weighted by molar-refractivity contribution is 0.262. The van der Waals surface area contributed by atoms with Crippen LogP contribution < -0.4 is 10.4 Å². The van der Waals surface area contributed by atoms with Gasteiger partial charge < -0.3 is 24.5 Å². The third-order valence-corrected chi connectivity index (χ3v) is 3.47. The van der Waals surface area contributed by atoms with Crippen LogP contribution in [0.15, 0.2) is 45.6 Å². The minimum Gasteiger partial charge on any atom is -0.504 e. The number of aromatic hydroxyl groups is 3. The van der Waals surface area contributed by atoms with Crippen LogP contribution in [0.25, 0.3) is 22.1 Å². The molecule has 6 nitrogen and oxygen atoms in total. The molecule has 0 saturated heterocycles. The van der Waals surface area contributed by atoms with Gasteiger partial charge in [-0.05, 0) is 29.8 Å². The van der Waals surface area contributed by atoms with Gasteiger partial charge in [0.15, 0.2) is 22.8 Å². The Bertz CT molecular complexity index is 963. The van der Waals surface area contributed by atoms with Crippen molar-refractivity contribution in [3.05, 3.63) is 46.8 Å². The topological polar surface area (TPSA) is 100 Å². The largest absolute Gasteiger partial charge is 0.504 e. The molecule has 2 aromatic carbocycles. The number of hydrogen-bond acceptors (Lipinski definition) is 6. The lowest BCUT2D eigenvalue weighted by Gasteiger charge is -2.11. The van der Waals surface area contributed by atoms with E-state index in [-0.39, 0.29) is 29.4 Å². The molecule has 1 aromatic heterocycles. The van der Waals surface area contributed by atoms with Gasteiger partial charge >= 0.3 is 5.63 Å². The van der Waals surface area contributed by atoms with Crippen molar-refractivity contribution >= 4 is 11.0 Å². The average molecular weight is 332 g/mol. The summed E-state index contributed by atoms with van der Waals surface area (Å²) in [6.07, 6.45) is 0. The van der Waals surface area contributed by atoms with Crippen LogP contribution in [-0.4, -0.2) is 28.6 Å².